The molecule has 6 heteroatoms. The predicted molar refractivity (Wildman–Crippen MR) is 17.9 cm³/mol. The first-order valence-corrected chi connectivity index (χ1v) is 1.93. The van der Waals surface area contributed by atoms with E-state index in [4.69, 9.17) is 0 Å². The van der Waals surface area contributed by atoms with Crippen molar-refractivity contribution in [2.24, 2.45) is 0 Å². The van der Waals surface area contributed by atoms with E-state index in [9.17, 15) is 18.0 Å². The molecule has 0 unspecified atom stereocenters. The van der Waals surface area contributed by atoms with Gasteiger partial charge in [-0.25, -0.2) is 4.79 Å². The second-order valence-corrected chi connectivity index (χ2v) is 1.14. The van der Waals surface area contributed by atoms with E-state index in [1.165, 1.54) is 16.6 Å². The quantitative estimate of drug-likeness (QED) is 0.448. The van der Waals surface area contributed by atoms with Crippen LogP contribution in [-0.4, -0.2) is 28.8 Å². The summed E-state index contributed by atoms with van der Waals surface area (Å²) in [5.74, 6) is -2.21. The van der Waals surface area contributed by atoms with Crippen molar-refractivity contribution in [3.63, 3.8) is 0 Å². The number of hydrogen-bond acceptors (Lipinski definition) is 2. The second-order valence-electron chi connectivity index (χ2n) is 0.903. The monoisotopic (exact) mass is 140 g/mol. The van der Waals surface area contributed by atoms with E-state index >= 15 is 0 Å². The minimum atomic E-state index is -4.87. The first-order chi connectivity index (χ1) is 3.48. The molecule has 0 aromatic heterocycles. The van der Waals surface area contributed by atoms with Gasteiger partial charge in [-0.15, -0.1) is 0 Å². The van der Waals surface area contributed by atoms with Gasteiger partial charge in [-0.05, 0) is 0 Å². The van der Waals surface area contributed by atoms with Crippen LogP contribution in [0.15, 0.2) is 0 Å². The molecule has 0 saturated heterocycles. The number of halogens is 3. The summed E-state index contributed by atoms with van der Waals surface area (Å²) in [6, 6.07) is 0. The zero-order chi connectivity index (χ0) is 6.78. The molecule has 0 heterocycles. The Morgan fingerprint density at radius 2 is 1.88 bits per heavy atom. The lowest BCUT2D eigenvalue weighted by atomic mass is 10.7. The topological polar surface area (TPSA) is 26.3 Å². The van der Waals surface area contributed by atoms with Crippen molar-refractivity contribution in [3.8, 4) is 0 Å². The van der Waals surface area contributed by atoms with E-state index < -0.39 is 12.1 Å². The minimum Gasteiger partial charge on any atom is -0.622 e. The van der Waals surface area contributed by atoms with E-state index in [1.54, 1.807) is 0 Å². The zero-order valence-electron chi connectivity index (χ0n) is 3.53. The highest BCUT2D eigenvalue weighted by Gasteiger charge is 2.38. The lowest BCUT2D eigenvalue weighted by Crippen LogP contribution is -2.24. The molecular formula is C2AlF3O2. The number of hydrogen-bond donors (Lipinski definition) is 0. The van der Waals surface area contributed by atoms with Crippen molar-refractivity contribution in [2.45, 2.75) is 6.18 Å². The summed E-state index contributed by atoms with van der Waals surface area (Å²) < 4.78 is 36.2. The lowest BCUT2D eigenvalue weighted by Gasteiger charge is -2.02. The van der Waals surface area contributed by atoms with Crippen LogP contribution in [0.4, 0.5) is 13.2 Å². The van der Waals surface area contributed by atoms with Gasteiger partial charge in [0.15, 0.2) is 0 Å². The molecule has 0 aromatic carbocycles. The number of rotatable bonds is 0. The molecular weight excluding hydrogens is 140 g/mol. The highest BCUT2D eigenvalue weighted by molar-refractivity contribution is 6.06. The first kappa shape index (κ1) is 7.79. The van der Waals surface area contributed by atoms with Crippen LogP contribution in [0.1, 0.15) is 0 Å². The van der Waals surface area contributed by atoms with E-state index in [0.717, 1.165) is 0 Å². The molecule has 0 bridgehead atoms. The maximum atomic E-state index is 11.0. The maximum Gasteiger partial charge on any atom is 0.487 e. The summed E-state index contributed by atoms with van der Waals surface area (Å²) >= 11 is 1.21. The van der Waals surface area contributed by atoms with Gasteiger partial charge in [-0.3, -0.25) is 0 Å². The Hall–Kier alpha value is -0.208. The molecule has 0 saturated carbocycles. The fourth-order valence-electron chi connectivity index (χ4n) is 0.0668. The van der Waals surface area contributed by atoms with Gasteiger partial charge in [-0.2, -0.15) is 13.2 Å². The van der Waals surface area contributed by atoms with Crippen molar-refractivity contribution in [1.82, 2.24) is 0 Å². The Labute approximate surface area is 51.4 Å². The van der Waals surface area contributed by atoms with E-state index in [2.05, 4.69) is 3.79 Å². The van der Waals surface area contributed by atoms with Crippen LogP contribution in [0.2, 0.25) is 0 Å². The molecule has 0 rings (SSSR count). The normalized spacial score (nSPS) is 10.9. The van der Waals surface area contributed by atoms with E-state index in [0.29, 0.717) is 0 Å². The van der Waals surface area contributed by atoms with Crippen molar-refractivity contribution in [3.05, 3.63) is 0 Å². The Morgan fingerprint density at radius 3 is 1.88 bits per heavy atom. The number of carbonyl (C=O) groups excluding carboxylic acids is 1. The van der Waals surface area contributed by atoms with Crippen molar-refractivity contribution < 1.29 is 21.8 Å². The summed E-state index contributed by atoms with van der Waals surface area (Å²) in [7, 11) is 0. The Bertz CT molecular complexity index is 97.9. The second kappa shape index (κ2) is 2.38. The first-order valence-electron chi connectivity index (χ1n) is 1.46. The Kier molecular flexibility index (Phi) is 2.32. The summed E-state index contributed by atoms with van der Waals surface area (Å²) in [6.07, 6.45) is -4.87. The molecule has 2 radical (unpaired) electrons. The molecule has 0 aliphatic carbocycles. The van der Waals surface area contributed by atoms with Gasteiger partial charge in [-0.1, -0.05) is 0 Å². The Morgan fingerprint density at radius 1 is 1.50 bits per heavy atom. The third kappa shape index (κ3) is 2.19. The van der Waals surface area contributed by atoms with E-state index in [1.807, 2.05) is 0 Å². The van der Waals surface area contributed by atoms with Crippen LogP contribution in [0.5, 0.6) is 0 Å². The third-order valence-electron chi connectivity index (χ3n) is 0.338. The van der Waals surface area contributed by atoms with Crippen LogP contribution < -0.4 is 0 Å². The summed E-state index contributed by atoms with van der Waals surface area (Å²) in [5.41, 5.74) is 0. The number of carbonyl (C=O) groups is 1. The highest BCUT2D eigenvalue weighted by Crippen LogP contribution is 2.15. The minimum absolute atomic E-state index is 1.21. The number of alkyl halides is 3. The van der Waals surface area contributed by atoms with Crippen molar-refractivity contribution in [1.29, 1.82) is 0 Å². The fourth-order valence-corrected chi connectivity index (χ4v) is 0.200. The van der Waals surface area contributed by atoms with Crippen molar-refractivity contribution in [2.75, 3.05) is 0 Å². The molecule has 2 nitrogen and oxygen atoms in total. The van der Waals surface area contributed by atoms with Gasteiger partial charge in [0.25, 0.3) is 0 Å². The van der Waals surface area contributed by atoms with Crippen LogP contribution >= 0.6 is 0 Å². The molecule has 0 atom stereocenters. The SMILES string of the molecule is O=C([O][Al])C(F)(F)F. The summed E-state index contributed by atoms with van der Waals surface area (Å²) in [5, 5.41) is 0. The third-order valence-corrected chi connectivity index (χ3v) is 0.553. The van der Waals surface area contributed by atoms with Gasteiger partial charge in [0.2, 0.25) is 0 Å². The lowest BCUT2D eigenvalue weighted by molar-refractivity contribution is -0.189. The molecule has 0 N–H and O–H groups in total. The van der Waals surface area contributed by atoms with Crippen molar-refractivity contribution >= 4 is 22.6 Å². The summed E-state index contributed by atoms with van der Waals surface area (Å²) in [6.45, 7) is 0. The molecule has 8 heavy (non-hydrogen) atoms. The van der Waals surface area contributed by atoms with Gasteiger partial charge in [0.05, 0.1) is 0 Å². The fraction of sp³-hybridized carbons (Fsp3) is 0.500. The molecule has 0 amide bonds. The predicted octanol–water partition coefficient (Wildman–Crippen LogP) is 0.175. The molecule has 0 aliphatic rings. The van der Waals surface area contributed by atoms with Gasteiger partial charge in [0.1, 0.15) is 0 Å². The largest absolute Gasteiger partial charge is 0.622 e. The molecule has 0 aliphatic heterocycles. The molecule has 0 fully saturated rings. The van der Waals surface area contributed by atoms with Gasteiger partial charge < -0.3 is 3.79 Å². The average molecular weight is 140 g/mol. The van der Waals surface area contributed by atoms with E-state index in [-0.39, 0.29) is 0 Å². The average Bonchev–Trinajstić information content (AvgIpc) is 1.62. The van der Waals surface area contributed by atoms with Gasteiger partial charge >= 0.3 is 28.8 Å². The van der Waals surface area contributed by atoms with Gasteiger partial charge in [0, 0.05) is 0 Å². The molecule has 0 spiro atoms. The smallest absolute Gasteiger partial charge is 0.487 e. The zero-order valence-corrected chi connectivity index (χ0v) is 4.68. The van der Waals surface area contributed by atoms with Crippen LogP contribution in [0.3, 0.4) is 0 Å². The Balaban J connectivity index is 3.82. The molecule has 0 aromatic rings. The standard InChI is InChI=1S/C2HF3O2.Al/c3-2(4,5)1(6)7;/h(H,6,7);/q;+1/p-1. The van der Waals surface area contributed by atoms with Crippen LogP contribution in [0.25, 0.3) is 0 Å². The maximum absolute atomic E-state index is 11.0. The molecule has 44 valence electrons. The summed E-state index contributed by atoms with van der Waals surface area (Å²) in [4.78, 5) is 9.47. The van der Waals surface area contributed by atoms with Crippen LogP contribution in [-0.2, 0) is 8.58 Å². The highest BCUT2D eigenvalue weighted by atomic mass is 27.1. The van der Waals surface area contributed by atoms with Crippen LogP contribution in [0, 0.1) is 0 Å².